The molecule has 2 amide bonds. The SMILES string of the molecule is CC(=O)c1nn(CC(=O)N2[C@@H](C(=O)N[C@H](C)C3CC3(Cl)Cl)C[C@H]3C[C@H]32)c2ccc(OCc3ncccn3)cc12. The van der Waals surface area contributed by atoms with Crippen LogP contribution in [0.4, 0.5) is 0 Å². The molecule has 12 heteroatoms. The predicted octanol–water partition coefficient (Wildman–Crippen LogP) is 3.30. The quantitative estimate of drug-likeness (QED) is 0.309. The van der Waals surface area contributed by atoms with E-state index < -0.39 is 10.4 Å². The second kappa shape index (κ2) is 9.75. The van der Waals surface area contributed by atoms with Crippen molar-refractivity contribution in [2.24, 2.45) is 11.8 Å². The predicted molar refractivity (Wildman–Crippen MR) is 143 cm³/mol. The van der Waals surface area contributed by atoms with Crippen molar-refractivity contribution in [2.75, 3.05) is 0 Å². The number of carbonyl (C=O) groups is 3. The van der Waals surface area contributed by atoms with Crippen molar-refractivity contribution in [1.29, 1.82) is 0 Å². The molecule has 39 heavy (non-hydrogen) atoms. The highest BCUT2D eigenvalue weighted by Crippen LogP contribution is 2.55. The van der Waals surface area contributed by atoms with Gasteiger partial charge in [0.1, 0.15) is 35.0 Å². The van der Waals surface area contributed by atoms with E-state index in [1.54, 1.807) is 41.6 Å². The summed E-state index contributed by atoms with van der Waals surface area (Å²) in [6, 6.07) is 6.33. The van der Waals surface area contributed by atoms with Crippen molar-refractivity contribution >= 4 is 51.7 Å². The third kappa shape index (κ3) is 5.07. The van der Waals surface area contributed by atoms with Crippen molar-refractivity contribution in [1.82, 2.24) is 30.0 Å². The summed E-state index contributed by atoms with van der Waals surface area (Å²) in [6.07, 6.45) is 5.44. The van der Waals surface area contributed by atoms with Crippen LogP contribution >= 0.6 is 23.2 Å². The second-order valence-corrected chi connectivity index (χ2v) is 12.2. The molecule has 204 valence electrons. The molecule has 3 fully saturated rings. The highest BCUT2D eigenvalue weighted by molar-refractivity contribution is 6.51. The van der Waals surface area contributed by atoms with Gasteiger partial charge in [0.15, 0.2) is 11.6 Å². The molecule has 3 aromatic rings. The van der Waals surface area contributed by atoms with E-state index in [9.17, 15) is 14.4 Å². The lowest BCUT2D eigenvalue weighted by Gasteiger charge is -2.28. The maximum Gasteiger partial charge on any atom is 0.245 e. The van der Waals surface area contributed by atoms with Crippen LogP contribution in [0.25, 0.3) is 10.9 Å². The molecule has 0 spiro atoms. The lowest BCUT2D eigenvalue weighted by atomic mass is 10.1. The Labute approximate surface area is 235 Å². The van der Waals surface area contributed by atoms with Crippen LogP contribution in [0.3, 0.4) is 0 Å². The Morgan fingerprint density at radius 1 is 1.21 bits per heavy atom. The van der Waals surface area contributed by atoms with Crippen LogP contribution in [-0.2, 0) is 22.7 Å². The van der Waals surface area contributed by atoms with E-state index >= 15 is 0 Å². The fourth-order valence-electron chi connectivity index (χ4n) is 5.64. The fourth-order valence-corrected chi connectivity index (χ4v) is 6.35. The van der Waals surface area contributed by atoms with Gasteiger partial charge < -0.3 is 15.0 Å². The topological polar surface area (TPSA) is 119 Å². The fraction of sp³-hybridized carbons (Fsp3) is 0.481. The third-order valence-electron chi connectivity index (χ3n) is 7.87. The number of ether oxygens (including phenoxy) is 1. The molecule has 2 aromatic heterocycles. The Morgan fingerprint density at radius 2 is 1.95 bits per heavy atom. The summed E-state index contributed by atoms with van der Waals surface area (Å²) in [7, 11) is 0. The molecule has 1 aliphatic heterocycles. The van der Waals surface area contributed by atoms with Crippen LogP contribution < -0.4 is 10.1 Å². The minimum atomic E-state index is -0.796. The summed E-state index contributed by atoms with van der Waals surface area (Å²) < 4.78 is 6.56. The number of ketones is 1. The number of likely N-dealkylation sites (tertiary alicyclic amines) is 1. The standard InChI is InChI=1S/C27H28Cl2N6O4/c1-14(19-11-27(19,28)29)32-26(38)22-9-16-8-21(16)35(22)24(37)12-34-20-5-4-17(10-18(20)25(33-34)15(2)36)39-13-23-30-6-3-7-31-23/h3-7,10,14,16,19,21-22H,8-9,11-13H2,1-2H3,(H,32,38)/t14-,16-,19?,21-,22-/m1/s1. The summed E-state index contributed by atoms with van der Waals surface area (Å²) in [5, 5.41) is 8.08. The molecule has 1 unspecified atom stereocenters. The minimum absolute atomic E-state index is 0.000553. The number of hydrogen-bond donors (Lipinski definition) is 1. The molecule has 1 aromatic carbocycles. The summed E-state index contributed by atoms with van der Waals surface area (Å²) in [5.74, 6) is 0.782. The van der Waals surface area contributed by atoms with Crippen molar-refractivity contribution < 1.29 is 19.1 Å². The summed E-state index contributed by atoms with van der Waals surface area (Å²) in [6.45, 7) is 3.41. The normalized spacial score (nSPS) is 25.2. The number of halogens is 2. The molecule has 0 radical (unpaired) electrons. The number of hydrogen-bond acceptors (Lipinski definition) is 7. The van der Waals surface area contributed by atoms with Crippen molar-refractivity contribution in [2.45, 2.75) is 68.7 Å². The average molecular weight is 571 g/mol. The number of nitrogens with zero attached hydrogens (tertiary/aromatic N) is 5. The van der Waals surface area contributed by atoms with Crippen LogP contribution in [0, 0.1) is 11.8 Å². The van der Waals surface area contributed by atoms with Gasteiger partial charge in [0, 0.05) is 42.7 Å². The van der Waals surface area contributed by atoms with E-state index in [0.717, 1.165) is 6.42 Å². The zero-order valence-corrected chi connectivity index (χ0v) is 23.0. The van der Waals surface area contributed by atoms with E-state index in [0.29, 0.717) is 41.2 Å². The van der Waals surface area contributed by atoms with Crippen LogP contribution in [0.2, 0.25) is 0 Å². The zero-order chi connectivity index (χ0) is 27.5. The van der Waals surface area contributed by atoms with Gasteiger partial charge in [-0.2, -0.15) is 5.10 Å². The first-order valence-electron chi connectivity index (χ1n) is 13.0. The number of alkyl halides is 2. The molecule has 2 saturated carbocycles. The van der Waals surface area contributed by atoms with E-state index in [-0.39, 0.29) is 54.4 Å². The van der Waals surface area contributed by atoms with Gasteiger partial charge in [-0.1, -0.05) is 0 Å². The molecule has 1 N–H and O–H groups in total. The number of aromatic nitrogens is 4. The van der Waals surface area contributed by atoms with Crippen LogP contribution in [0.15, 0.2) is 36.7 Å². The van der Waals surface area contributed by atoms with Crippen LogP contribution in [0.5, 0.6) is 5.75 Å². The number of benzene rings is 1. The molecule has 2 aliphatic carbocycles. The summed E-state index contributed by atoms with van der Waals surface area (Å²) in [5.41, 5.74) is 0.885. The van der Waals surface area contributed by atoms with Crippen LogP contribution in [-0.4, -0.2) is 64.7 Å². The molecule has 5 atom stereocenters. The van der Waals surface area contributed by atoms with Crippen molar-refractivity contribution in [3.05, 3.63) is 48.2 Å². The van der Waals surface area contributed by atoms with Gasteiger partial charge in [0.2, 0.25) is 11.8 Å². The molecule has 0 bridgehead atoms. The van der Waals surface area contributed by atoms with Gasteiger partial charge in [-0.3, -0.25) is 19.1 Å². The van der Waals surface area contributed by atoms with Gasteiger partial charge >= 0.3 is 0 Å². The first-order chi connectivity index (χ1) is 18.6. The van der Waals surface area contributed by atoms with Gasteiger partial charge in [0.05, 0.1) is 5.52 Å². The smallest absolute Gasteiger partial charge is 0.245 e. The monoisotopic (exact) mass is 570 g/mol. The molecule has 10 nitrogen and oxygen atoms in total. The van der Waals surface area contributed by atoms with E-state index in [1.165, 1.54) is 11.6 Å². The zero-order valence-electron chi connectivity index (χ0n) is 21.5. The Kier molecular flexibility index (Phi) is 6.50. The Balaban J connectivity index is 1.19. The van der Waals surface area contributed by atoms with Gasteiger partial charge in [-0.15, -0.1) is 23.2 Å². The van der Waals surface area contributed by atoms with Gasteiger partial charge in [-0.25, -0.2) is 9.97 Å². The summed E-state index contributed by atoms with van der Waals surface area (Å²) in [4.78, 5) is 49.1. The lowest BCUT2D eigenvalue weighted by molar-refractivity contribution is -0.140. The number of amides is 2. The Morgan fingerprint density at radius 3 is 2.64 bits per heavy atom. The number of carbonyl (C=O) groups excluding carboxylic acids is 3. The molecule has 3 aliphatic rings. The maximum absolute atomic E-state index is 13.6. The molecule has 6 rings (SSSR count). The molecule has 1 saturated heterocycles. The lowest BCUT2D eigenvalue weighted by Crippen LogP contribution is -2.51. The summed E-state index contributed by atoms with van der Waals surface area (Å²) >= 11 is 12.3. The van der Waals surface area contributed by atoms with E-state index in [1.807, 2.05) is 6.92 Å². The Bertz CT molecular complexity index is 1460. The first-order valence-corrected chi connectivity index (χ1v) is 13.8. The molecule has 3 heterocycles. The number of nitrogens with one attached hydrogen (secondary N) is 1. The number of fused-ring (bicyclic) bond motifs is 2. The molecular formula is C27H28Cl2N6O4. The Hall–Kier alpha value is -3.24. The first kappa shape index (κ1) is 26.0. The highest BCUT2D eigenvalue weighted by Gasteiger charge is 2.58. The number of piperidine rings is 1. The third-order valence-corrected chi connectivity index (χ3v) is 8.74. The van der Waals surface area contributed by atoms with E-state index in [4.69, 9.17) is 27.9 Å². The average Bonchev–Trinajstić information content (AvgIpc) is 3.72. The minimum Gasteiger partial charge on any atom is -0.486 e. The van der Waals surface area contributed by atoms with Crippen molar-refractivity contribution in [3.8, 4) is 5.75 Å². The largest absolute Gasteiger partial charge is 0.486 e. The highest BCUT2D eigenvalue weighted by atomic mass is 35.5. The number of Topliss-reactive ketones (excluding diaryl/α,β-unsaturated/α-hetero) is 1. The van der Waals surface area contributed by atoms with Gasteiger partial charge in [-0.05, 0) is 56.4 Å². The molecular weight excluding hydrogens is 543 g/mol. The van der Waals surface area contributed by atoms with E-state index in [2.05, 4.69) is 20.4 Å². The van der Waals surface area contributed by atoms with Crippen molar-refractivity contribution in [3.63, 3.8) is 0 Å². The maximum atomic E-state index is 13.6. The van der Waals surface area contributed by atoms with Gasteiger partial charge in [0.25, 0.3) is 0 Å². The van der Waals surface area contributed by atoms with Crippen LogP contribution in [0.1, 0.15) is 49.4 Å². The second-order valence-electron chi connectivity index (χ2n) is 10.7. The number of rotatable bonds is 9.